The minimum atomic E-state index is -0.434. The number of fused-ring (bicyclic) bond motifs is 1. The Morgan fingerprint density at radius 3 is 2.23 bits per heavy atom. The van der Waals surface area contributed by atoms with Crippen LogP contribution in [0.3, 0.4) is 0 Å². The molecule has 0 amide bonds. The predicted octanol–water partition coefficient (Wildman–Crippen LogP) is 3.79. The van der Waals surface area contributed by atoms with Crippen molar-refractivity contribution < 1.29 is 19.1 Å². The summed E-state index contributed by atoms with van der Waals surface area (Å²) in [6, 6.07) is 13.9. The molecule has 0 aliphatic carbocycles. The van der Waals surface area contributed by atoms with Gasteiger partial charge in [-0.15, -0.1) is 0 Å². The molecule has 0 spiro atoms. The zero-order valence-electron chi connectivity index (χ0n) is 13.0. The molecular weight excluding hydrogens is 280 g/mol. The van der Waals surface area contributed by atoms with Crippen LogP contribution in [-0.4, -0.2) is 18.0 Å². The number of hydrogen-bond acceptors (Lipinski definition) is 4. The van der Waals surface area contributed by atoms with Crippen LogP contribution in [0.25, 0.3) is 10.8 Å². The molecule has 4 nitrogen and oxygen atoms in total. The third kappa shape index (κ3) is 4.32. The van der Waals surface area contributed by atoms with Gasteiger partial charge in [-0.2, -0.15) is 0 Å². The lowest BCUT2D eigenvalue weighted by Gasteiger charge is -2.21. The van der Waals surface area contributed by atoms with Gasteiger partial charge in [-0.25, -0.2) is 0 Å². The van der Waals surface area contributed by atoms with E-state index in [1.807, 2.05) is 42.5 Å². The van der Waals surface area contributed by atoms with E-state index in [0.29, 0.717) is 6.42 Å². The molecule has 0 unspecified atom stereocenters. The quantitative estimate of drug-likeness (QED) is 0.788. The Kier molecular flexibility index (Phi) is 5.15. The highest BCUT2D eigenvalue weighted by Crippen LogP contribution is 2.27. The summed E-state index contributed by atoms with van der Waals surface area (Å²) >= 11 is 0. The molecule has 2 aromatic rings. The third-order valence-electron chi connectivity index (χ3n) is 3.37. The lowest BCUT2D eigenvalue weighted by molar-refractivity contribution is -0.152. The molecule has 0 bridgehead atoms. The van der Waals surface area contributed by atoms with Gasteiger partial charge in [0, 0.05) is 20.3 Å². The highest BCUT2D eigenvalue weighted by Gasteiger charge is 2.20. The average molecular weight is 300 g/mol. The van der Waals surface area contributed by atoms with Gasteiger partial charge in [-0.05, 0) is 29.3 Å². The molecule has 0 fully saturated rings. The summed E-state index contributed by atoms with van der Waals surface area (Å²) in [6.07, 6.45) is -0.331. The van der Waals surface area contributed by atoms with Crippen LogP contribution in [0.1, 0.15) is 38.9 Å². The molecule has 0 aliphatic rings. The lowest BCUT2D eigenvalue weighted by Crippen LogP contribution is -2.19. The van der Waals surface area contributed by atoms with E-state index in [9.17, 15) is 9.59 Å². The summed E-state index contributed by atoms with van der Waals surface area (Å²) in [5, 5.41) is 2.21. The molecule has 0 aromatic heterocycles. The fourth-order valence-electron chi connectivity index (χ4n) is 2.49. The SMILES string of the molecule is CC(=O)O[C@H](C)C[C@H](OC(C)=O)c1ccc2ccccc2c1. The molecule has 0 N–H and O–H groups in total. The summed E-state index contributed by atoms with van der Waals surface area (Å²) in [7, 11) is 0. The average Bonchev–Trinajstić information content (AvgIpc) is 2.44. The predicted molar refractivity (Wildman–Crippen MR) is 84.3 cm³/mol. The van der Waals surface area contributed by atoms with Gasteiger partial charge in [0.05, 0.1) is 0 Å². The van der Waals surface area contributed by atoms with E-state index < -0.39 is 6.10 Å². The Morgan fingerprint density at radius 1 is 0.955 bits per heavy atom. The first kappa shape index (κ1) is 16.0. The molecule has 2 rings (SSSR count). The van der Waals surface area contributed by atoms with Gasteiger partial charge in [-0.3, -0.25) is 9.59 Å². The first-order chi connectivity index (χ1) is 10.5. The maximum absolute atomic E-state index is 11.4. The fraction of sp³-hybridized carbons (Fsp3) is 0.333. The molecule has 116 valence electrons. The number of benzene rings is 2. The topological polar surface area (TPSA) is 52.6 Å². The first-order valence-electron chi connectivity index (χ1n) is 7.29. The van der Waals surface area contributed by atoms with Gasteiger partial charge < -0.3 is 9.47 Å². The second-order valence-electron chi connectivity index (χ2n) is 5.36. The second-order valence-corrected chi connectivity index (χ2v) is 5.36. The van der Waals surface area contributed by atoms with Gasteiger partial charge in [0.15, 0.2) is 0 Å². The maximum atomic E-state index is 11.4. The smallest absolute Gasteiger partial charge is 0.303 e. The van der Waals surface area contributed by atoms with Crippen LogP contribution in [0.2, 0.25) is 0 Å². The van der Waals surface area contributed by atoms with Crippen molar-refractivity contribution in [1.82, 2.24) is 0 Å². The Hall–Kier alpha value is -2.36. The van der Waals surface area contributed by atoms with E-state index in [2.05, 4.69) is 0 Å². The number of carbonyl (C=O) groups is 2. The third-order valence-corrected chi connectivity index (χ3v) is 3.37. The van der Waals surface area contributed by atoms with E-state index in [-0.39, 0.29) is 18.0 Å². The highest BCUT2D eigenvalue weighted by molar-refractivity contribution is 5.83. The zero-order valence-corrected chi connectivity index (χ0v) is 13.0. The van der Waals surface area contributed by atoms with Gasteiger partial charge in [0.2, 0.25) is 0 Å². The Bertz CT molecular complexity index is 678. The van der Waals surface area contributed by atoms with Crippen molar-refractivity contribution in [2.24, 2.45) is 0 Å². The van der Waals surface area contributed by atoms with Gasteiger partial charge in [0.25, 0.3) is 0 Å². The molecule has 0 radical (unpaired) electrons. The molecule has 0 heterocycles. The van der Waals surface area contributed by atoms with Crippen molar-refractivity contribution in [3.63, 3.8) is 0 Å². The Labute approximate surface area is 130 Å². The second kappa shape index (κ2) is 7.07. The summed E-state index contributed by atoms with van der Waals surface area (Å²) in [6.45, 7) is 4.54. The van der Waals surface area contributed by atoms with Crippen LogP contribution in [0, 0.1) is 0 Å². The van der Waals surface area contributed by atoms with Crippen LogP contribution in [0.4, 0.5) is 0 Å². The highest BCUT2D eigenvalue weighted by atomic mass is 16.6. The maximum Gasteiger partial charge on any atom is 0.303 e. The van der Waals surface area contributed by atoms with Crippen molar-refractivity contribution >= 4 is 22.7 Å². The van der Waals surface area contributed by atoms with Crippen molar-refractivity contribution in [1.29, 1.82) is 0 Å². The molecule has 22 heavy (non-hydrogen) atoms. The standard InChI is InChI=1S/C18H20O4/c1-12(21-13(2)19)10-18(22-14(3)20)17-9-8-15-6-4-5-7-16(15)11-17/h4-9,11-12,18H,10H2,1-3H3/t12-,18+/m1/s1. The van der Waals surface area contributed by atoms with Crippen molar-refractivity contribution in [2.45, 2.75) is 39.4 Å². The summed E-state index contributed by atoms with van der Waals surface area (Å²) < 4.78 is 10.5. The van der Waals surface area contributed by atoms with E-state index in [4.69, 9.17) is 9.47 Å². The van der Waals surface area contributed by atoms with E-state index >= 15 is 0 Å². The van der Waals surface area contributed by atoms with E-state index in [1.165, 1.54) is 13.8 Å². The summed E-state index contributed by atoms with van der Waals surface area (Å²) in [5.41, 5.74) is 0.896. The Morgan fingerprint density at radius 2 is 1.59 bits per heavy atom. The molecule has 2 atom stereocenters. The lowest BCUT2D eigenvalue weighted by atomic mass is 10.00. The summed E-state index contributed by atoms with van der Waals surface area (Å²) in [5.74, 6) is -0.694. The molecule has 2 aromatic carbocycles. The van der Waals surface area contributed by atoms with Crippen molar-refractivity contribution in [3.8, 4) is 0 Å². The van der Waals surface area contributed by atoms with E-state index in [0.717, 1.165) is 16.3 Å². The fourth-order valence-corrected chi connectivity index (χ4v) is 2.49. The monoisotopic (exact) mass is 300 g/mol. The van der Waals surface area contributed by atoms with Gasteiger partial charge in [0.1, 0.15) is 12.2 Å². The van der Waals surface area contributed by atoms with Crippen LogP contribution in [0.5, 0.6) is 0 Å². The van der Waals surface area contributed by atoms with E-state index in [1.54, 1.807) is 6.92 Å². The normalized spacial score (nSPS) is 13.4. The zero-order chi connectivity index (χ0) is 16.1. The number of esters is 2. The Balaban J connectivity index is 2.25. The number of rotatable bonds is 5. The molecular formula is C18H20O4. The molecule has 0 saturated heterocycles. The van der Waals surface area contributed by atoms with Crippen LogP contribution in [-0.2, 0) is 19.1 Å². The van der Waals surface area contributed by atoms with Crippen molar-refractivity contribution in [3.05, 3.63) is 48.0 Å². The van der Waals surface area contributed by atoms with Gasteiger partial charge in [-0.1, -0.05) is 36.4 Å². The van der Waals surface area contributed by atoms with Crippen molar-refractivity contribution in [2.75, 3.05) is 0 Å². The largest absolute Gasteiger partial charge is 0.463 e. The van der Waals surface area contributed by atoms with Crippen LogP contribution in [0.15, 0.2) is 42.5 Å². The molecule has 4 heteroatoms. The number of carbonyl (C=O) groups excluding carboxylic acids is 2. The minimum Gasteiger partial charge on any atom is -0.463 e. The first-order valence-corrected chi connectivity index (χ1v) is 7.29. The van der Waals surface area contributed by atoms with Crippen LogP contribution < -0.4 is 0 Å². The minimum absolute atomic E-state index is 0.326. The van der Waals surface area contributed by atoms with Crippen LogP contribution >= 0.6 is 0 Å². The molecule has 0 saturated carbocycles. The molecule has 0 aliphatic heterocycles. The number of hydrogen-bond donors (Lipinski definition) is 0. The number of ether oxygens (including phenoxy) is 2. The van der Waals surface area contributed by atoms with Gasteiger partial charge >= 0.3 is 11.9 Å². The summed E-state index contributed by atoms with van der Waals surface area (Å²) in [4.78, 5) is 22.4.